The summed E-state index contributed by atoms with van der Waals surface area (Å²) >= 11 is 0. The van der Waals surface area contributed by atoms with E-state index in [-0.39, 0.29) is 11.3 Å². The maximum atomic E-state index is 13.6. The zero-order valence-electron chi connectivity index (χ0n) is 11.5. The molecule has 1 heterocycles. The van der Waals surface area contributed by atoms with E-state index >= 15 is 0 Å². The van der Waals surface area contributed by atoms with Crippen molar-refractivity contribution in [2.75, 3.05) is 5.32 Å². The Labute approximate surface area is 128 Å². The molecule has 1 N–H and O–H groups in total. The van der Waals surface area contributed by atoms with Crippen molar-refractivity contribution in [2.45, 2.75) is 0 Å². The number of rotatable bonds is 3. The third kappa shape index (κ3) is 2.80. The topological polar surface area (TPSA) is 55.1 Å². The van der Waals surface area contributed by atoms with E-state index in [0.29, 0.717) is 5.56 Å². The first-order valence-corrected chi connectivity index (χ1v) is 6.53. The second-order valence-corrected chi connectivity index (χ2v) is 4.61. The van der Waals surface area contributed by atoms with Gasteiger partial charge in [0.05, 0.1) is 11.9 Å². The smallest absolute Gasteiger partial charge is 0.261 e. The van der Waals surface area contributed by atoms with Crippen molar-refractivity contribution >= 4 is 11.6 Å². The van der Waals surface area contributed by atoms with Crippen LogP contribution < -0.4 is 5.32 Å². The van der Waals surface area contributed by atoms with Gasteiger partial charge in [0.25, 0.3) is 5.91 Å². The van der Waals surface area contributed by atoms with Gasteiger partial charge in [0.15, 0.2) is 23.2 Å². The molecule has 4 nitrogen and oxygen atoms in total. The van der Waals surface area contributed by atoms with Gasteiger partial charge in [-0.3, -0.25) is 4.79 Å². The summed E-state index contributed by atoms with van der Waals surface area (Å²) in [5.41, 5.74) is 0.162. The lowest BCUT2D eigenvalue weighted by Crippen LogP contribution is -2.14. The van der Waals surface area contributed by atoms with Gasteiger partial charge in [-0.1, -0.05) is 35.5 Å². The van der Waals surface area contributed by atoms with Crippen LogP contribution in [0.25, 0.3) is 11.3 Å². The van der Waals surface area contributed by atoms with Crippen molar-refractivity contribution < 1.29 is 22.5 Å². The van der Waals surface area contributed by atoms with E-state index in [9.17, 15) is 18.0 Å². The fourth-order valence-corrected chi connectivity index (χ4v) is 2.01. The molecule has 23 heavy (non-hydrogen) atoms. The molecule has 0 saturated heterocycles. The number of hydrogen-bond acceptors (Lipinski definition) is 3. The quantitative estimate of drug-likeness (QED) is 0.742. The molecule has 0 fully saturated rings. The number of carbonyl (C=O) groups is 1. The zero-order chi connectivity index (χ0) is 16.4. The fourth-order valence-electron chi connectivity index (χ4n) is 2.01. The molecule has 3 aromatic rings. The number of halogens is 3. The molecular formula is C16H9F3N2O2. The lowest BCUT2D eigenvalue weighted by atomic mass is 10.1. The third-order valence-corrected chi connectivity index (χ3v) is 3.13. The van der Waals surface area contributed by atoms with Crippen molar-refractivity contribution in [1.29, 1.82) is 0 Å². The predicted octanol–water partition coefficient (Wildman–Crippen LogP) is 4.01. The third-order valence-electron chi connectivity index (χ3n) is 3.13. The Morgan fingerprint density at radius 2 is 1.74 bits per heavy atom. The Bertz CT molecular complexity index is 863. The van der Waals surface area contributed by atoms with E-state index in [4.69, 9.17) is 4.52 Å². The van der Waals surface area contributed by atoms with Gasteiger partial charge in [-0.25, -0.2) is 13.2 Å². The van der Waals surface area contributed by atoms with Crippen LogP contribution in [0.3, 0.4) is 0 Å². The van der Waals surface area contributed by atoms with E-state index in [1.165, 1.54) is 0 Å². The number of anilines is 1. The van der Waals surface area contributed by atoms with Crippen LogP contribution in [0.1, 0.15) is 10.4 Å². The first kappa shape index (κ1) is 14.8. The van der Waals surface area contributed by atoms with E-state index in [1.54, 1.807) is 30.3 Å². The first-order chi connectivity index (χ1) is 11.1. The minimum atomic E-state index is -1.66. The summed E-state index contributed by atoms with van der Waals surface area (Å²) in [6.45, 7) is 0. The number of hydrogen-bond donors (Lipinski definition) is 1. The Kier molecular flexibility index (Phi) is 3.84. The summed E-state index contributed by atoms with van der Waals surface area (Å²) in [5.74, 6) is -5.04. The molecule has 116 valence electrons. The molecule has 3 rings (SSSR count). The van der Waals surface area contributed by atoms with Gasteiger partial charge in [0.1, 0.15) is 5.56 Å². The van der Waals surface area contributed by atoms with Gasteiger partial charge in [-0.2, -0.15) is 0 Å². The number of carbonyl (C=O) groups excluding carboxylic acids is 1. The molecule has 0 bridgehead atoms. The summed E-state index contributed by atoms with van der Waals surface area (Å²) in [6, 6.07) is 10.3. The van der Waals surface area contributed by atoms with Crippen molar-refractivity contribution in [3.63, 3.8) is 0 Å². The summed E-state index contributed by atoms with van der Waals surface area (Å²) < 4.78 is 44.8. The van der Waals surface area contributed by atoms with Crippen molar-refractivity contribution in [3.8, 4) is 11.3 Å². The molecular weight excluding hydrogens is 309 g/mol. The molecule has 0 aliphatic carbocycles. The molecule has 0 saturated carbocycles. The highest BCUT2D eigenvalue weighted by Crippen LogP contribution is 2.25. The SMILES string of the molecule is O=C(Nc1ccc(F)c(F)c1F)c1cnoc1-c1ccccc1. The number of aromatic nitrogens is 1. The van der Waals surface area contributed by atoms with Crippen LogP contribution in [0.15, 0.2) is 53.2 Å². The summed E-state index contributed by atoms with van der Waals surface area (Å²) in [5, 5.41) is 5.72. The van der Waals surface area contributed by atoms with Crippen LogP contribution in [0.4, 0.5) is 18.9 Å². The molecule has 0 aliphatic rings. The fraction of sp³-hybridized carbons (Fsp3) is 0. The maximum Gasteiger partial charge on any atom is 0.261 e. The molecule has 7 heteroatoms. The number of amides is 1. The van der Waals surface area contributed by atoms with E-state index in [2.05, 4.69) is 10.5 Å². The van der Waals surface area contributed by atoms with Crippen LogP contribution in [0.2, 0.25) is 0 Å². The molecule has 1 amide bonds. The first-order valence-electron chi connectivity index (χ1n) is 6.53. The second-order valence-electron chi connectivity index (χ2n) is 4.61. The number of nitrogens with one attached hydrogen (secondary N) is 1. The van der Waals surface area contributed by atoms with Gasteiger partial charge < -0.3 is 9.84 Å². The average molecular weight is 318 g/mol. The molecule has 0 radical (unpaired) electrons. The Balaban J connectivity index is 1.91. The monoisotopic (exact) mass is 318 g/mol. The average Bonchev–Trinajstić information content (AvgIpc) is 3.06. The van der Waals surface area contributed by atoms with Crippen LogP contribution in [-0.2, 0) is 0 Å². The zero-order valence-corrected chi connectivity index (χ0v) is 11.5. The van der Waals surface area contributed by atoms with Crippen molar-refractivity contribution in [3.05, 3.63) is 71.7 Å². The highest BCUT2D eigenvalue weighted by Gasteiger charge is 2.20. The summed E-state index contributed by atoms with van der Waals surface area (Å²) in [6.07, 6.45) is 1.16. The van der Waals surface area contributed by atoms with Crippen LogP contribution in [0.5, 0.6) is 0 Å². The maximum absolute atomic E-state index is 13.6. The summed E-state index contributed by atoms with van der Waals surface area (Å²) in [4.78, 5) is 12.2. The van der Waals surface area contributed by atoms with Crippen LogP contribution in [-0.4, -0.2) is 11.1 Å². The largest absolute Gasteiger partial charge is 0.355 e. The van der Waals surface area contributed by atoms with E-state index in [1.807, 2.05) is 0 Å². The highest BCUT2D eigenvalue weighted by atomic mass is 19.2. The van der Waals surface area contributed by atoms with Crippen molar-refractivity contribution in [1.82, 2.24) is 5.16 Å². The normalized spacial score (nSPS) is 10.6. The van der Waals surface area contributed by atoms with Gasteiger partial charge in [0.2, 0.25) is 0 Å². The van der Waals surface area contributed by atoms with Gasteiger partial charge in [-0.15, -0.1) is 0 Å². The Morgan fingerprint density at radius 3 is 2.48 bits per heavy atom. The van der Waals surface area contributed by atoms with Gasteiger partial charge in [-0.05, 0) is 12.1 Å². The molecule has 0 spiro atoms. The molecule has 2 aromatic carbocycles. The molecule has 1 aromatic heterocycles. The lowest BCUT2D eigenvalue weighted by molar-refractivity contribution is 0.102. The van der Waals surface area contributed by atoms with Crippen LogP contribution >= 0.6 is 0 Å². The van der Waals surface area contributed by atoms with Gasteiger partial charge in [0, 0.05) is 5.56 Å². The molecule has 0 unspecified atom stereocenters. The lowest BCUT2D eigenvalue weighted by Gasteiger charge is -2.07. The Morgan fingerprint density at radius 1 is 1.00 bits per heavy atom. The number of nitrogens with zero attached hydrogens (tertiary/aromatic N) is 1. The molecule has 0 atom stereocenters. The predicted molar refractivity (Wildman–Crippen MR) is 76.2 cm³/mol. The molecule has 0 aliphatic heterocycles. The highest BCUT2D eigenvalue weighted by molar-refractivity contribution is 6.07. The van der Waals surface area contributed by atoms with Crippen LogP contribution in [0, 0.1) is 17.5 Å². The van der Waals surface area contributed by atoms with E-state index < -0.39 is 29.0 Å². The number of benzene rings is 2. The Hall–Kier alpha value is -3.09. The van der Waals surface area contributed by atoms with Crippen molar-refractivity contribution in [2.24, 2.45) is 0 Å². The second kappa shape index (κ2) is 5.96. The summed E-state index contributed by atoms with van der Waals surface area (Å²) in [7, 11) is 0. The minimum Gasteiger partial charge on any atom is -0.355 e. The standard InChI is InChI=1S/C16H9F3N2O2/c17-11-6-7-12(14(19)13(11)18)21-16(22)10-8-20-23-15(10)9-4-2-1-3-5-9/h1-8H,(H,21,22). The van der Waals surface area contributed by atoms with E-state index in [0.717, 1.165) is 18.3 Å². The minimum absolute atomic E-state index is 0.0420. The van der Waals surface area contributed by atoms with Gasteiger partial charge >= 0.3 is 0 Å².